The van der Waals surface area contributed by atoms with E-state index in [9.17, 15) is 4.79 Å². The molecule has 4 nitrogen and oxygen atoms in total. The van der Waals surface area contributed by atoms with E-state index in [1.807, 2.05) is 19.1 Å². The van der Waals surface area contributed by atoms with Crippen molar-refractivity contribution in [1.29, 1.82) is 0 Å². The maximum Gasteiger partial charge on any atom is 0.225 e. The molecule has 1 unspecified atom stereocenters. The molecule has 1 saturated heterocycles. The number of nitrogens with one attached hydrogen (secondary N) is 2. The van der Waals surface area contributed by atoms with Crippen molar-refractivity contribution in [2.75, 3.05) is 18.4 Å². The minimum atomic E-state index is 0.0536. The van der Waals surface area contributed by atoms with E-state index < -0.39 is 0 Å². The third-order valence-corrected chi connectivity index (χ3v) is 4.00. The van der Waals surface area contributed by atoms with Gasteiger partial charge in [0.05, 0.1) is 5.69 Å². The summed E-state index contributed by atoms with van der Waals surface area (Å²) >= 11 is 3.39. The SMILES string of the molecule is Cc1nc(NC(=O)CC2CCCNC2)ccc1Br. The Labute approximate surface area is 116 Å². The van der Waals surface area contributed by atoms with Crippen LogP contribution in [0.1, 0.15) is 25.0 Å². The molecule has 1 aliphatic heterocycles. The first-order valence-electron chi connectivity index (χ1n) is 6.29. The van der Waals surface area contributed by atoms with Crippen LogP contribution in [-0.4, -0.2) is 24.0 Å². The Morgan fingerprint density at radius 3 is 3.11 bits per heavy atom. The molecule has 1 aliphatic rings. The number of piperidine rings is 1. The molecule has 1 aromatic rings. The van der Waals surface area contributed by atoms with Crippen molar-refractivity contribution in [2.45, 2.75) is 26.2 Å². The summed E-state index contributed by atoms with van der Waals surface area (Å²) < 4.78 is 0.956. The van der Waals surface area contributed by atoms with Crippen LogP contribution < -0.4 is 10.6 Å². The summed E-state index contributed by atoms with van der Waals surface area (Å²) in [6.45, 7) is 3.93. The average molecular weight is 312 g/mol. The van der Waals surface area contributed by atoms with E-state index in [2.05, 4.69) is 31.5 Å². The van der Waals surface area contributed by atoms with Gasteiger partial charge in [0.25, 0.3) is 0 Å². The molecule has 2 N–H and O–H groups in total. The topological polar surface area (TPSA) is 54.0 Å². The first-order chi connectivity index (χ1) is 8.65. The quantitative estimate of drug-likeness (QED) is 0.901. The molecule has 1 fully saturated rings. The molecule has 2 rings (SSSR count). The highest BCUT2D eigenvalue weighted by Crippen LogP contribution is 2.18. The van der Waals surface area contributed by atoms with Gasteiger partial charge in [-0.15, -0.1) is 0 Å². The van der Waals surface area contributed by atoms with Gasteiger partial charge in [0.15, 0.2) is 0 Å². The van der Waals surface area contributed by atoms with Crippen molar-refractivity contribution in [2.24, 2.45) is 5.92 Å². The van der Waals surface area contributed by atoms with E-state index in [1.165, 1.54) is 0 Å². The van der Waals surface area contributed by atoms with E-state index in [-0.39, 0.29) is 5.91 Å². The van der Waals surface area contributed by atoms with Gasteiger partial charge >= 0.3 is 0 Å². The standard InChI is InChI=1S/C13H18BrN3O/c1-9-11(14)4-5-12(16-9)17-13(18)7-10-3-2-6-15-8-10/h4-5,10,15H,2-3,6-8H2,1H3,(H,16,17,18). The number of halogens is 1. The molecule has 5 heteroatoms. The number of carbonyl (C=O) groups excluding carboxylic acids is 1. The number of nitrogens with zero attached hydrogens (tertiary/aromatic N) is 1. The monoisotopic (exact) mass is 311 g/mol. The van der Waals surface area contributed by atoms with Crippen LogP contribution in [0.2, 0.25) is 0 Å². The van der Waals surface area contributed by atoms with Gasteiger partial charge in [-0.1, -0.05) is 0 Å². The molecule has 0 aliphatic carbocycles. The third kappa shape index (κ3) is 3.78. The molecule has 0 saturated carbocycles. The second-order valence-electron chi connectivity index (χ2n) is 4.73. The lowest BCUT2D eigenvalue weighted by Gasteiger charge is -2.21. The van der Waals surface area contributed by atoms with E-state index in [4.69, 9.17) is 0 Å². The van der Waals surface area contributed by atoms with Crippen LogP contribution in [0, 0.1) is 12.8 Å². The summed E-state index contributed by atoms with van der Waals surface area (Å²) in [4.78, 5) is 16.2. The molecule has 0 aromatic carbocycles. The normalized spacial score (nSPS) is 19.6. The fourth-order valence-corrected chi connectivity index (χ4v) is 2.39. The highest BCUT2D eigenvalue weighted by Gasteiger charge is 2.17. The van der Waals surface area contributed by atoms with Crippen LogP contribution >= 0.6 is 15.9 Å². The second kappa shape index (κ2) is 6.29. The largest absolute Gasteiger partial charge is 0.316 e. The van der Waals surface area contributed by atoms with Gasteiger partial charge in [-0.3, -0.25) is 4.79 Å². The Bertz CT molecular complexity index is 430. The molecular formula is C13H18BrN3O. The first kappa shape index (κ1) is 13.5. The average Bonchev–Trinajstić information content (AvgIpc) is 2.35. The van der Waals surface area contributed by atoms with Crippen LogP contribution in [0.15, 0.2) is 16.6 Å². The Balaban J connectivity index is 1.88. The zero-order valence-corrected chi connectivity index (χ0v) is 12.1. The molecule has 98 valence electrons. The molecular weight excluding hydrogens is 294 g/mol. The number of aryl methyl sites for hydroxylation is 1. The number of hydrogen-bond donors (Lipinski definition) is 2. The van der Waals surface area contributed by atoms with Crippen molar-refractivity contribution in [1.82, 2.24) is 10.3 Å². The van der Waals surface area contributed by atoms with Gasteiger partial charge in [0.1, 0.15) is 5.82 Å². The van der Waals surface area contributed by atoms with Crippen LogP contribution in [0.5, 0.6) is 0 Å². The van der Waals surface area contributed by atoms with Gasteiger partial charge in [-0.25, -0.2) is 4.98 Å². The molecule has 18 heavy (non-hydrogen) atoms. The number of amides is 1. The number of rotatable bonds is 3. The van der Waals surface area contributed by atoms with E-state index in [1.54, 1.807) is 0 Å². The molecule has 0 bridgehead atoms. The highest BCUT2D eigenvalue weighted by molar-refractivity contribution is 9.10. The molecule has 1 aromatic heterocycles. The predicted molar refractivity (Wildman–Crippen MR) is 75.5 cm³/mol. The van der Waals surface area contributed by atoms with Crippen molar-refractivity contribution in [3.63, 3.8) is 0 Å². The number of pyridine rings is 1. The Kier molecular flexibility index (Phi) is 4.72. The van der Waals surface area contributed by atoms with Gasteiger partial charge in [0.2, 0.25) is 5.91 Å². The maximum absolute atomic E-state index is 11.9. The summed E-state index contributed by atoms with van der Waals surface area (Å²) in [6, 6.07) is 3.72. The number of aromatic nitrogens is 1. The van der Waals surface area contributed by atoms with Crippen molar-refractivity contribution in [3.05, 3.63) is 22.3 Å². The Morgan fingerprint density at radius 2 is 2.44 bits per heavy atom. The van der Waals surface area contributed by atoms with Crippen molar-refractivity contribution in [3.8, 4) is 0 Å². The van der Waals surface area contributed by atoms with E-state index in [0.29, 0.717) is 18.2 Å². The zero-order chi connectivity index (χ0) is 13.0. The minimum absolute atomic E-state index is 0.0536. The fraction of sp³-hybridized carbons (Fsp3) is 0.538. The van der Waals surface area contributed by atoms with Gasteiger partial charge in [-0.05, 0) is 66.8 Å². The Hall–Kier alpha value is -0.940. The van der Waals surface area contributed by atoms with E-state index in [0.717, 1.165) is 36.1 Å². The van der Waals surface area contributed by atoms with Crippen LogP contribution in [0.25, 0.3) is 0 Å². The fourth-order valence-electron chi connectivity index (χ4n) is 2.17. The third-order valence-electron chi connectivity index (χ3n) is 3.16. The highest BCUT2D eigenvalue weighted by atomic mass is 79.9. The summed E-state index contributed by atoms with van der Waals surface area (Å²) in [5.74, 6) is 1.14. The Morgan fingerprint density at radius 1 is 1.61 bits per heavy atom. The van der Waals surface area contributed by atoms with Gasteiger partial charge in [-0.2, -0.15) is 0 Å². The van der Waals surface area contributed by atoms with Crippen molar-refractivity contribution >= 4 is 27.7 Å². The van der Waals surface area contributed by atoms with Crippen LogP contribution in [0.3, 0.4) is 0 Å². The lowest BCUT2D eigenvalue weighted by atomic mass is 9.96. The smallest absolute Gasteiger partial charge is 0.225 e. The summed E-state index contributed by atoms with van der Waals surface area (Å²) in [6.07, 6.45) is 2.87. The minimum Gasteiger partial charge on any atom is -0.316 e. The lowest BCUT2D eigenvalue weighted by molar-refractivity contribution is -0.117. The lowest BCUT2D eigenvalue weighted by Crippen LogP contribution is -2.32. The van der Waals surface area contributed by atoms with Crippen LogP contribution in [-0.2, 0) is 4.79 Å². The van der Waals surface area contributed by atoms with Crippen LogP contribution in [0.4, 0.5) is 5.82 Å². The summed E-state index contributed by atoms with van der Waals surface area (Å²) in [7, 11) is 0. The van der Waals surface area contributed by atoms with Crippen molar-refractivity contribution < 1.29 is 4.79 Å². The maximum atomic E-state index is 11.9. The predicted octanol–water partition coefficient (Wildman–Crippen LogP) is 2.48. The first-order valence-corrected chi connectivity index (χ1v) is 7.08. The molecule has 2 heterocycles. The van der Waals surface area contributed by atoms with Gasteiger partial charge < -0.3 is 10.6 Å². The molecule has 1 atom stereocenters. The summed E-state index contributed by atoms with van der Waals surface area (Å²) in [5.41, 5.74) is 0.882. The molecule has 0 radical (unpaired) electrons. The van der Waals surface area contributed by atoms with E-state index >= 15 is 0 Å². The number of anilines is 1. The molecule has 0 spiro atoms. The summed E-state index contributed by atoms with van der Waals surface area (Å²) in [5, 5.41) is 6.18. The van der Waals surface area contributed by atoms with Gasteiger partial charge in [0, 0.05) is 10.9 Å². The zero-order valence-electron chi connectivity index (χ0n) is 10.5. The number of hydrogen-bond acceptors (Lipinski definition) is 3. The number of carbonyl (C=O) groups is 1. The molecule has 1 amide bonds. The second-order valence-corrected chi connectivity index (χ2v) is 5.58.